The van der Waals surface area contributed by atoms with Crippen molar-refractivity contribution in [2.45, 2.75) is 12.7 Å². The molecule has 3 aromatic carbocycles. The zero-order chi connectivity index (χ0) is 22.8. The standard InChI is InChI=1S/C26H19N3O3S/c1-17-5-8-21(9-6-17)29-25(30)22(12-18-7-10-23-24(13-18)32-16-31-23)28-26(29)33-15-20-4-2-3-19(11-20)14-27/h2-13H,15-16H2,1H3/b22-12+. The molecule has 0 fully saturated rings. The summed E-state index contributed by atoms with van der Waals surface area (Å²) in [4.78, 5) is 19.7. The molecule has 0 bridgehead atoms. The van der Waals surface area contributed by atoms with E-state index in [2.05, 4.69) is 11.1 Å². The maximum atomic E-state index is 13.4. The van der Waals surface area contributed by atoms with Crippen LogP contribution in [0, 0.1) is 18.3 Å². The van der Waals surface area contributed by atoms with Gasteiger partial charge in [0.2, 0.25) is 6.79 Å². The van der Waals surface area contributed by atoms with E-state index in [1.807, 2.05) is 67.6 Å². The van der Waals surface area contributed by atoms with Gasteiger partial charge in [-0.3, -0.25) is 9.69 Å². The maximum Gasteiger partial charge on any atom is 0.283 e. The molecule has 0 atom stereocenters. The van der Waals surface area contributed by atoms with Crippen LogP contribution in [0.1, 0.15) is 22.3 Å². The molecule has 6 nitrogen and oxygen atoms in total. The number of nitrogens with zero attached hydrogens (tertiary/aromatic N) is 3. The lowest BCUT2D eigenvalue weighted by molar-refractivity contribution is -0.113. The number of carbonyl (C=O) groups is 1. The average molecular weight is 454 g/mol. The first-order chi connectivity index (χ1) is 16.1. The lowest BCUT2D eigenvalue weighted by atomic mass is 10.1. The summed E-state index contributed by atoms with van der Waals surface area (Å²) in [7, 11) is 0. The molecule has 0 spiro atoms. The van der Waals surface area contributed by atoms with E-state index in [4.69, 9.17) is 14.7 Å². The Labute approximate surface area is 195 Å². The topological polar surface area (TPSA) is 74.9 Å². The molecule has 2 aliphatic rings. The molecular weight excluding hydrogens is 434 g/mol. The Hall–Kier alpha value is -4.02. The Morgan fingerprint density at radius 3 is 2.73 bits per heavy atom. The molecule has 0 unspecified atom stereocenters. The van der Waals surface area contributed by atoms with Gasteiger partial charge in [-0.25, -0.2) is 4.99 Å². The fourth-order valence-electron chi connectivity index (χ4n) is 3.55. The molecule has 2 aliphatic heterocycles. The monoisotopic (exact) mass is 453 g/mol. The summed E-state index contributed by atoms with van der Waals surface area (Å²) >= 11 is 1.46. The van der Waals surface area contributed by atoms with Crippen molar-refractivity contribution in [1.82, 2.24) is 0 Å². The zero-order valence-electron chi connectivity index (χ0n) is 17.8. The van der Waals surface area contributed by atoms with E-state index in [1.165, 1.54) is 11.8 Å². The summed E-state index contributed by atoms with van der Waals surface area (Å²) in [5, 5.41) is 9.76. The lowest BCUT2D eigenvalue weighted by Gasteiger charge is -2.18. The molecule has 0 saturated carbocycles. The molecule has 0 aliphatic carbocycles. The number of rotatable bonds is 4. The number of amidine groups is 1. The van der Waals surface area contributed by atoms with E-state index >= 15 is 0 Å². The second kappa shape index (κ2) is 8.85. The van der Waals surface area contributed by atoms with E-state index in [-0.39, 0.29) is 12.7 Å². The van der Waals surface area contributed by atoms with Crippen LogP contribution in [0.5, 0.6) is 11.5 Å². The van der Waals surface area contributed by atoms with Crippen molar-refractivity contribution in [3.63, 3.8) is 0 Å². The fourth-order valence-corrected chi connectivity index (χ4v) is 4.51. The van der Waals surface area contributed by atoms with Crippen LogP contribution in [0.15, 0.2) is 77.4 Å². The number of hydrogen-bond acceptors (Lipinski definition) is 6. The molecule has 7 heteroatoms. The SMILES string of the molecule is Cc1ccc(N2C(=O)/C(=C\c3ccc4c(c3)OCO4)N=C2SCc2cccc(C#N)c2)cc1. The average Bonchev–Trinajstić information content (AvgIpc) is 3.42. The molecule has 0 saturated heterocycles. The third-order valence-corrected chi connectivity index (χ3v) is 6.26. The lowest BCUT2D eigenvalue weighted by Crippen LogP contribution is -2.30. The Bertz CT molecular complexity index is 1340. The van der Waals surface area contributed by atoms with Gasteiger partial charge < -0.3 is 9.47 Å². The molecule has 33 heavy (non-hydrogen) atoms. The Morgan fingerprint density at radius 2 is 1.91 bits per heavy atom. The van der Waals surface area contributed by atoms with Gasteiger partial charge in [0.05, 0.1) is 17.3 Å². The Morgan fingerprint density at radius 1 is 1.09 bits per heavy atom. The minimum absolute atomic E-state index is 0.190. The van der Waals surface area contributed by atoms with Crippen molar-refractivity contribution in [1.29, 1.82) is 5.26 Å². The van der Waals surface area contributed by atoms with Crippen LogP contribution in [0.3, 0.4) is 0 Å². The van der Waals surface area contributed by atoms with Crippen LogP contribution in [0.4, 0.5) is 5.69 Å². The van der Waals surface area contributed by atoms with Gasteiger partial charge in [0, 0.05) is 5.75 Å². The number of aliphatic imine (C=N–C) groups is 1. The van der Waals surface area contributed by atoms with Gasteiger partial charge in [0.1, 0.15) is 5.70 Å². The minimum Gasteiger partial charge on any atom is -0.454 e. The highest BCUT2D eigenvalue weighted by atomic mass is 32.2. The normalized spacial score (nSPS) is 15.6. The summed E-state index contributed by atoms with van der Waals surface area (Å²) in [5.74, 6) is 1.74. The van der Waals surface area contributed by atoms with Gasteiger partial charge >= 0.3 is 0 Å². The molecule has 2 heterocycles. The van der Waals surface area contributed by atoms with Crippen LogP contribution < -0.4 is 14.4 Å². The van der Waals surface area contributed by atoms with Gasteiger partial charge in [-0.1, -0.05) is 47.7 Å². The smallest absolute Gasteiger partial charge is 0.283 e. The number of carbonyl (C=O) groups excluding carboxylic acids is 1. The third kappa shape index (κ3) is 4.34. The summed E-state index contributed by atoms with van der Waals surface area (Å²) in [6.45, 7) is 2.20. The number of fused-ring (bicyclic) bond motifs is 1. The molecular formula is C26H19N3O3S. The van der Waals surface area contributed by atoms with Crippen LogP contribution in [0.2, 0.25) is 0 Å². The first kappa shape index (κ1) is 20.9. The van der Waals surface area contributed by atoms with Crippen molar-refractivity contribution < 1.29 is 14.3 Å². The van der Waals surface area contributed by atoms with E-state index in [0.717, 1.165) is 22.4 Å². The molecule has 5 rings (SSSR count). The molecule has 162 valence electrons. The first-order valence-corrected chi connectivity index (χ1v) is 11.3. The summed E-state index contributed by atoms with van der Waals surface area (Å²) in [6.07, 6.45) is 1.76. The summed E-state index contributed by atoms with van der Waals surface area (Å²) in [5.41, 5.74) is 4.63. The number of benzene rings is 3. The number of thioether (sulfide) groups is 1. The second-order valence-corrected chi connectivity index (χ2v) is 8.56. The van der Waals surface area contributed by atoms with Crippen molar-refractivity contribution in [3.8, 4) is 17.6 Å². The maximum absolute atomic E-state index is 13.4. The van der Waals surface area contributed by atoms with Gasteiger partial charge in [-0.2, -0.15) is 5.26 Å². The van der Waals surface area contributed by atoms with Gasteiger partial charge in [-0.05, 0) is 60.5 Å². The number of aryl methyl sites for hydroxylation is 1. The highest BCUT2D eigenvalue weighted by Crippen LogP contribution is 2.35. The van der Waals surface area contributed by atoms with Gasteiger partial charge in [0.15, 0.2) is 16.7 Å². The van der Waals surface area contributed by atoms with E-state index < -0.39 is 0 Å². The number of anilines is 1. The van der Waals surface area contributed by atoms with E-state index in [1.54, 1.807) is 17.0 Å². The van der Waals surface area contributed by atoms with Crippen LogP contribution >= 0.6 is 11.8 Å². The molecule has 3 aromatic rings. The summed E-state index contributed by atoms with van der Waals surface area (Å²) < 4.78 is 10.8. The van der Waals surface area contributed by atoms with Gasteiger partial charge in [0.25, 0.3) is 5.91 Å². The van der Waals surface area contributed by atoms with Crippen molar-refractivity contribution in [3.05, 3.63) is 94.7 Å². The largest absolute Gasteiger partial charge is 0.454 e. The van der Waals surface area contributed by atoms with Crippen LogP contribution in [-0.4, -0.2) is 17.9 Å². The predicted octanol–water partition coefficient (Wildman–Crippen LogP) is 5.27. The van der Waals surface area contributed by atoms with Crippen LogP contribution in [0.25, 0.3) is 6.08 Å². The van der Waals surface area contributed by atoms with Gasteiger partial charge in [-0.15, -0.1) is 0 Å². The highest BCUT2D eigenvalue weighted by molar-refractivity contribution is 8.13. The number of nitriles is 1. The Kier molecular flexibility index (Phi) is 5.59. The second-order valence-electron chi connectivity index (χ2n) is 7.61. The molecule has 0 radical (unpaired) electrons. The van der Waals surface area contributed by atoms with E-state index in [0.29, 0.717) is 33.7 Å². The fraction of sp³-hybridized carbons (Fsp3) is 0.115. The highest BCUT2D eigenvalue weighted by Gasteiger charge is 2.32. The Balaban J connectivity index is 1.47. The molecule has 0 N–H and O–H groups in total. The van der Waals surface area contributed by atoms with E-state index in [9.17, 15) is 4.79 Å². The zero-order valence-corrected chi connectivity index (χ0v) is 18.6. The first-order valence-electron chi connectivity index (χ1n) is 10.3. The number of ether oxygens (including phenoxy) is 2. The predicted molar refractivity (Wildman–Crippen MR) is 129 cm³/mol. The minimum atomic E-state index is -0.190. The van der Waals surface area contributed by atoms with Crippen molar-refractivity contribution in [2.24, 2.45) is 4.99 Å². The number of amides is 1. The van der Waals surface area contributed by atoms with Crippen molar-refractivity contribution >= 4 is 34.6 Å². The molecule has 0 aromatic heterocycles. The van der Waals surface area contributed by atoms with Crippen molar-refractivity contribution in [2.75, 3.05) is 11.7 Å². The third-order valence-electron chi connectivity index (χ3n) is 5.25. The molecule has 1 amide bonds. The van der Waals surface area contributed by atoms with Crippen LogP contribution in [-0.2, 0) is 10.5 Å². The summed E-state index contributed by atoms with van der Waals surface area (Å²) in [6, 6.07) is 22.9. The number of hydrogen-bond donors (Lipinski definition) is 0. The quantitative estimate of drug-likeness (QED) is 0.503.